The maximum absolute atomic E-state index is 12.6. The molecule has 3 rings (SSSR count). The zero-order chi connectivity index (χ0) is 18.9. The molecule has 0 saturated heterocycles. The van der Waals surface area contributed by atoms with Gasteiger partial charge in [0.15, 0.2) is 11.2 Å². The van der Waals surface area contributed by atoms with Gasteiger partial charge in [0.25, 0.3) is 5.56 Å². The molecule has 0 aliphatic heterocycles. The first-order chi connectivity index (χ1) is 12.4. The Labute approximate surface area is 157 Å². The Kier molecular flexibility index (Phi) is 5.27. The Morgan fingerprint density at radius 1 is 1.27 bits per heavy atom. The maximum Gasteiger partial charge on any atom is 0.278 e. The number of carbonyl (C=O) groups excluding carboxylic acids is 1. The van der Waals surface area contributed by atoms with Crippen molar-refractivity contribution in [3.63, 3.8) is 0 Å². The van der Waals surface area contributed by atoms with Crippen molar-refractivity contribution in [1.29, 1.82) is 0 Å². The number of H-pyrrole nitrogens is 2. The van der Waals surface area contributed by atoms with Gasteiger partial charge in [-0.25, -0.2) is 4.98 Å². The lowest BCUT2D eigenvalue weighted by Crippen LogP contribution is -2.48. The number of anilines is 1. The molecule has 0 radical (unpaired) electrons. The standard InChI is InChI=1S/C17H26N6O2S/c1-4-18-16-21-12-10(13(24)22-16)19-15(20-12)17(7-5-6-8-17)23-14(25)11(26)9(2)3/h9,11,26H,4-8H2,1-3H3,(H,23,25)(H3,18,19,20,21,22,24)/t11-/m0/s1. The van der Waals surface area contributed by atoms with Gasteiger partial charge in [0.05, 0.1) is 10.8 Å². The summed E-state index contributed by atoms with van der Waals surface area (Å²) in [5, 5.41) is 5.74. The van der Waals surface area contributed by atoms with Crippen molar-refractivity contribution in [2.24, 2.45) is 5.92 Å². The summed E-state index contributed by atoms with van der Waals surface area (Å²) in [6, 6.07) is 0. The van der Waals surface area contributed by atoms with E-state index in [0.29, 0.717) is 29.5 Å². The number of imidazole rings is 1. The van der Waals surface area contributed by atoms with Crippen LogP contribution in [0.5, 0.6) is 0 Å². The van der Waals surface area contributed by atoms with E-state index in [1.165, 1.54) is 0 Å². The lowest BCUT2D eigenvalue weighted by atomic mass is 9.95. The Morgan fingerprint density at radius 3 is 2.58 bits per heavy atom. The molecule has 1 saturated carbocycles. The molecule has 2 heterocycles. The fourth-order valence-corrected chi connectivity index (χ4v) is 3.46. The van der Waals surface area contributed by atoms with Crippen LogP contribution in [-0.4, -0.2) is 37.6 Å². The van der Waals surface area contributed by atoms with Crippen LogP contribution in [0.15, 0.2) is 4.79 Å². The van der Waals surface area contributed by atoms with Crippen LogP contribution in [0.25, 0.3) is 11.2 Å². The summed E-state index contributed by atoms with van der Waals surface area (Å²) in [5.41, 5.74) is -0.197. The summed E-state index contributed by atoms with van der Waals surface area (Å²) in [4.78, 5) is 39.7. The second kappa shape index (κ2) is 7.30. The van der Waals surface area contributed by atoms with E-state index >= 15 is 0 Å². The number of nitrogens with zero attached hydrogens (tertiary/aromatic N) is 2. The number of carbonyl (C=O) groups is 1. The van der Waals surface area contributed by atoms with Crippen LogP contribution >= 0.6 is 12.6 Å². The van der Waals surface area contributed by atoms with Gasteiger partial charge in [-0.05, 0) is 25.7 Å². The first-order valence-electron chi connectivity index (χ1n) is 9.11. The Morgan fingerprint density at radius 2 is 1.96 bits per heavy atom. The highest BCUT2D eigenvalue weighted by Crippen LogP contribution is 2.38. The van der Waals surface area contributed by atoms with Crippen LogP contribution in [-0.2, 0) is 10.3 Å². The third kappa shape index (κ3) is 3.44. The second-order valence-electron chi connectivity index (χ2n) is 7.20. The van der Waals surface area contributed by atoms with E-state index < -0.39 is 10.8 Å². The van der Waals surface area contributed by atoms with Crippen molar-refractivity contribution in [2.45, 2.75) is 57.2 Å². The summed E-state index contributed by atoms with van der Waals surface area (Å²) in [6.07, 6.45) is 3.52. The molecule has 1 fully saturated rings. The smallest absolute Gasteiger partial charge is 0.278 e. The molecule has 142 valence electrons. The molecule has 0 bridgehead atoms. The van der Waals surface area contributed by atoms with Gasteiger partial charge < -0.3 is 15.6 Å². The average molecular weight is 379 g/mol. The number of amides is 1. The quantitative estimate of drug-likeness (QED) is 0.493. The van der Waals surface area contributed by atoms with Gasteiger partial charge in [-0.1, -0.05) is 26.7 Å². The average Bonchev–Trinajstić information content (AvgIpc) is 3.22. The normalized spacial score (nSPS) is 17.6. The highest BCUT2D eigenvalue weighted by Gasteiger charge is 2.41. The summed E-state index contributed by atoms with van der Waals surface area (Å²) in [5.74, 6) is 0.998. The van der Waals surface area contributed by atoms with Crippen LogP contribution in [0.3, 0.4) is 0 Å². The Hall–Kier alpha value is -2.03. The number of rotatable bonds is 6. The van der Waals surface area contributed by atoms with Gasteiger partial charge in [0.2, 0.25) is 11.9 Å². The molecule has 2 aromatic rings. The summed E-state index contributed by atoms with van der Waals surface area (Å²) in [6.45, 7) is 6.49. The van der Waals surface area contributed by atoms with Crippen molar-refractivity contribution in [3.05, 3.63) is 16.2 Å². The minimum Gasteiger partial charge on any atom is -0.356 e. The third-order valence-corrected chi connectivity index (χ3v) is 5.71. The SMILES string of the molecule is CCNc1nc2nc(C3(NC(=O)[C@@H](S)C(C)C)CCCC3)[nH]c2c(=O)[nH]1. The molecule has 8 nitrogen and oxygen atoms in total. The number of fused-ring (bicyclic) bond motifs is 1. The van der Waals surface area contributed by atoms with Crippen molar-refractivity contribution in [1.82, 2.24) is 25.3 Å². The highest BCUT2D eigenvalue weighted by molar-refractivity contribution is 7.81. The first kappa shape index (κ1) is 18.8. The number of hydrogen-bond acceptors (Lipinski definition) is 6. The van der Waals surface area contributed by atoms with E-state index in [0.717, 1.165) is 25.7 Å². The van der Waals surface area contributed by atoms with Gasteiger partial charge in [-0.2, -0.15) is 17.6 Å². The molecular weight excluding hydrogens is 352 g/mol. The van der Waals surface area contributed by atoms with Crippen LogP contribution < -0.4 is 16.2 Å². The van der Waals surface area contributed by atoms with Gasteiger partial charge >= 0.3 is 0 Å². The fraction of sp³-hybridized carbons (Fsp3) is 0.647. The van der Waals surface area contributed by atoms with Crippen molar-refractivity contribution >= 4 is 35.6 Å². The van der Waals surface area contributed by atoms with Gasteiger partial charge in [0.1, 0.15) is 5.82 Å². The van der Waals surface area contributed by atoms with E-state index in [4.69, 9.17) is 0 Å². The van der Waals surface area contributed by atoms with E-state index in [1.54, 1.807) is 0 Å². The van der Waals surface area contributed by atoms with E-state index in [9.17, 15) is 9.59 Å². The molecule has 1 aliphatic rings. The minimum atomic E-state index is -0.599. The molecule has 0 unspecified atom stereocenters. The lowest BCUT2D eigenvalue weighted by Gasteiger charge is -2.30. The van der Waals surface area contributed by atoms with E-state index in [-0.39, 0.29) is 17.4 Å². The van der Waals surface area contributed by atoms with Crippen LogP contribution in [0.2, 0.25) is 0 Å². The fourth-order valence-electron chi connectivity index (χ4n) is 3.40. The predicted octanol–water partition coefficient (Wildman–Crippen LogP) is 1.92. The second-order valence-corrected chi connectivity index (χ2v) is 7.75. The topological polar surface area (TPSA) is 116 Å². The predicted molar refractivity (Wildman–Crippen MR) is 105 cm³/mol. The number of aromatic nitrogens is 4. The van der Waals surface area contributed by atoms with Crippen LogP contribution in [0, 0.1) is 5.92 Å². The Bertz CT molecular complexity index is 853. The van der Waals surface area contributed by atoms with Gasteiger partial charge in [-0.15, -0.1) is 0 Å². The van der Waals surface area contributed by atoms with Crippen molar-refractivity contribution in [3.8, 4) is 0 Å². The number of aromatic amines is 2. The summed E-state index contributed by atoms with van der Waals surface area (Å²) >= 11 is 4.43. The monoisotopic (exact) mass is 378 g/mol. The lowest BCUT2D eigenvalue weighted by molar-refractivity contribution is -0.123. The van der Waals surface area contributed by atoms with Gasteiger partial charge in [-0.3, -0.25) is 14.6 Å². The molecule has 26 heavy (non-hydrogen) atoms. The van der Waals surface area contributed by atoms with Crippen LogP contribution in [0.4, 0.5) is 5.95 Å². The Balaban J connectivity index is 1.99. The molecule has 9 heteroatoms. The molecule has 0 spiro atoms. The molecule has 1 amide bonds. The zero-order valence-electron chi connectivity index (χ0n) is 15.3. The highest BCUT2D eigenvalue weighted by atomic mass is 32.1. The summed E-state index contributed by atoms with van der Waals surface area (Å²) in [7, 11) is 0. The zero-order valence-corrected chi connectivity index (χ0v) is 16.2. The van der Waals surface area contributed by atoms with Crippen LogP contribution in [0.1, 0.15) is 52.3 Å². The largest absolute Gasteiger partial charge is 0.356 e. The molecule has 2 aromatic heterocycles. The maximum atomic E-state index is 12.6. The van der Waals surface area contributed by atoms with Crippen molar-refractivity contribution in [2.75, 3.05) is 11.9 Å². The first-order valence-corrected chi connectivity index (χ1v) is 9.62. The summed E-state index contributed by atoms with van der Waals surface area (Å²) < 4.78 is 0. The molecule has 1 atom stereocenters. The number of thiol groups is 1. The van der Waals surface area contributed by atoms with E-state index in [1.807, 2.05) is 20.8 Å². The molecular formula is C17H26N6O2S. The minimum absolute atomic E-state index is 0.110. The molecule has 0 aromatic carbocycles. The third-order valence-electron chi connectivity index (χ3n) is 4.88. The van der Waals surface area contributed by atoms with Crippen molar-refractivity contribution < 1.29 is 4.79 Å². The van der Waals surface area contributed by atoms with E-state index in [2.05, 4.69) is 43.2 Å². The number of hydrogen-bond donors (Lipinski definition) is 5. The van der Waals surface area contributed by atoms with Gasteiger partial charge in [0, 0.05) is 6.54 Å². The molecule has 1 aliphatic carbocycles. The number of nitrogens with one attached hydrogen (secondary N) is 4. The molecule has 4 N–H and O–H groups in total.